The molecule has 0 bridgehead atoms. The number of rotatable bonds is 3. The summed E-state index contributed by atoms with van der Waals surface area (Å²) in [4.78, 5) is 2.35. The third-order valence-corrected chi connectivity index (χ3v) is 3.81. The standard InChI is InChI=1S/C13H18ClN3O/c1-2-10-4-3-7-17(10)12-6-5-9(8-11(12)14)13(15)16-18/h5-6,8,10,18H,2-4,7H2,1H3,(H2,15,16). The van der Waals surface area contributed by atoms with Crippen LogP contribution in [0.25, 0.3) is 0 Å². The molecule has 5 heteroatoms. The highest BCUT2D eigenvalue weighted by Gasteiger charge is 2.24. The van der Waals surface area contributed by atoms with Crippen LogP contribution in [-0.2, 0) is 0 Å². The molecule has 1 fully saturated rings. The van der Waals surface area contributed by atoms with Gasteiger partial charge in [-0.05, 0) is 37.5 Å². The maximum Gasteiger partial charge on any atom is 0.170 e. The fraction of sp³-hybridized carbons (Fsp3) is 0.462. The van der Waals surface area contributed by atoms with Crippen LogP contribution in [0.15, 0.2) is 23.4 Å². The van der Waals surface area contributed by atoms with Crippen molar-refractivity contribution < 1.29 is 5.21 Å². The van der Waals surface area contributed by atoms with Crippen LogP contribution >= 0.6 is 11.6 Å². The smallest absolute Gasteiger partial charge is 0.170 e. The molecular formula is C13H18ClN3O. The van der Waals surface area contributed by atoms with E-state index in [-0.39, 0.29) is 5.84 Å². The predicted molar refractivity (Wildman–Crippen MR) is 74.6 cm³/mol. The first kappa shape index (κ1) is 13.0. The molecule has 0 aliphatic carbocycles. The van der Waals surface area contributed by atoms with Gasteiger partial charge >= 0.3 is 0 Å². The number of halogens is 1. The van der Waals surface area contributed by atoms with Gasteiger partial charge in [-0.3, -0.25) is 0 Å². The van der Waals surface area contributed by atoms with Crippen LogP contribution in [0.5, 0.6) is 0 Å². The number of oxime groups is 1. The lowest BCUT2D eigenvalue weighted by atomic mass is 10.1. The second-order valence-electron chi connectivity index (χ2n) is 4.55. The van der Waals surface area contributed by atoms with E-state index in [1.807, 2.05) is 12.1 Å². The number of anilines is 1. The van der Waals surface area contributed by atoms with Crippen molar-refractivity contribution in [1.29, 1.82) is 0 Å². The zero-order valence-corrected chi connectivity index (χ0v) is 11.2. The monoisotopic (exact) mass is 267 g/mol. The Morgan fingerprint density at radius 3 is 3.00 bits per heavy atom. The molecule has 1 saturated heterocycles. The van der Waals surface area contributed by atoms with Crippen LogP contribution in [0.2, 0.25) is 5.02 Å². The van der Waals surface area contributed by atoms with E-state index in [0.29, 0.717) is 16.6 Å². The zero-order chi connectivity index (χ0) is 13.1. The van der Waals surface area contributed by atoms with Crippen molar-refractivity contribution in [2.75, 3.05) is 11.4 Å². The van der Waals surface area contributed by atoms with E-state index in [9.17, 15) is 0 Å². The van der Waals surface area contributed by atoms with Crippen molar-refractivity contribution >= 4 is 23.1 Å². The van der Waals surface area contributed by atoms with Crippen molar-refractivity contribution in [3.63, 3.8) is 0 Å². The molecule has 1 aromatic carbocycles. The second kappa shape index (κ2) is 5.48. The van der Waals surface area contributed by atoms with Crippen molar-refractivity contribution in [1.82, 2.24) is 0 Å². The average molecular weight is 268 g/mol. The fourth-order valence-corrected chi connectivity index (χ4v) is 2.82. The number of nitrogens with zero attached hydrogens (tertiary/aromatic N) is 2. The summed E-state index contributed by atoms with van der Waals surface area (Å²) in [5.41, 5.74) is 7.22. The molecule has 0 saturated carbocycles. The van der Waals surface area contributed by atoms with Crippen LogP contribution in [0.3, 0.4) is 0 Å². The van der Waals surface area contributed by atoms with Crippen LogP contribution in [0, 0.1) is 0 Å². The fourth-order valence-electron chi connectivity index (χ4n) is 2.53. The molecule has 18 heavy (non-hydrogen) atoms. The highest BCUT2D eigenvalue weighted by atomic mass is 35.5. The molecule has 1 atom stereocenters. The van der Waals surface area contributed by atoms with E-state index in [0.717, 1.165) is 18.7 Å². The lowest BCUT2D eigenvalue weighted by Gasteiger charge is -2.27. The Bertz CT molecular complexity index is 462. The summed E-state index contributed by atoms with van der Waals surface area (Å²) < 4.78 is 0. The van der Waals surface area contributed by atoms with Crippen LogP contribution in [0.1, 0.15) is 31.7 Å². The molecule has 1 unspecified atom stereocenters. The third kappa shape index (κ3) is 2.38. The molecule has 0 aromatic heterocycles. The molecule has 0 spiro atoms. The molecule has 3 N–H and O–H groups in total. The molecule has 4 nitrogen and oxygen atoms in total. The summed E-state index contributed by atoms with van der Waals surface area (Å²) in [5.74, 6) is 0.0805. The predicted octanol–water partition coefficient (Wildman–Crippen LogP) is 2.81. The van der Waals surface area contributed by atoms with Gasteiger partial charge in [0.25, 0.3) is 0 Å². The van der Waals surface area contributed by atoms with Crippen molar-refractivity contribution in [2.24, 2.45) is 10.9 Å². The van der Waals surface area contributed by atoms with Crippen molar-refractivity contribution in [3.8, 4) is 0 Å². The van der Waals surface area contributed by atoms with Gasteiger partial charge in [0.1, 0.15) is 0 Å². The lowest BCUT2D eigenvalue weighted by molar-refractivity contribution is 0.318. The van der Waals surface area contributed by atoms with Crippen LogP contribution in [0.4, 0.5) is 5.69 Å². The molecule has 98 valence electrons. The Balaban J connectivity index is 2.30. The first-order valence-electron chi connectivity index (χ1n) is 6.21. The number of amidine groups is 1. The summed E-state index contributed by atoms with van der Waals surface area (Å²) in [7, 11) is 0. The van der Waals surface area contributed by atoms with Crippen LogP contribution in [-0.4, -0.2) is 23.6 Å². The van der Waals surface area contributed by atoms with Gasteiger partial charge in [-0.1, -0.05) is 23.7 Å². The SMILES string of the molecule is CCC1CCCN1c1ccc(C(N)=NO)cc1Cl. The maximum absolute atomic E-state index is 8.65. The highest BCUT2D eigenvalue weighted by Crippen LogP contribution is 2.33. The van der Waals surface area contributed by atoms with Gasteiger partial charge < -0.3 is 15.8 Å². The number of benzene rings is 1. The van der Waals surface area contributed by atoms with Gasteiger partial charge in [0.2, 0.25) is 0 Å². The summed E-state index contributed by atoms with van der Waals surface area (Å²) in [6.45, 7) is 3.24. The molecule has 0 radical (unpaired) electrons. The topological polar surface area (TPSA) is 61.8 Å². The molecule has 1 aliphatic rings. The minimum atomic E-state index is 0.0805. The summed E-state index contributed by atoms with van der Waals surface area (Å²) >= 11 is 6.30. The van der Waals surface area contributed by atoms with Gasteiger partial charge in [0.15, 0.2) is 5.84 Å². The molecule has 0 amide bonds. The molecule has 1 aliphatic heterocycles. The van der Waals surface area contributed by atoms with Crippen molar-refractivity contribution in [2.45, 2.75) is 32.2 Å². The van der Waals surface area contributed by atoms with E-state index in [1.54, 1.807) is 6.07 Å². The minimum Gasteiger partial charge on any atom is -0.409 e. The maximum atomic E-state index is 8.65. The Morgan fingerprint density at radius 1 is 1.61 bits per heavy atom. The van der Waals surface area contributed by atoms with E-state index in [4.69, 9.17) is 22.5 Å². The van der Waals surface area contributed by atoms with E-state index >= 15 is 0 Å². The van der Waals surface area contributed by atoms with E-state index in [1.165, 1.54) is 12.8 Å². The summed E-state index contributed by atoms with van der Waals surface area (Å²) in [5, 5.41) is 12.3. The number of nitrogens with two attached hydrogens (primary N) is 1. The van der Waals surface area contributed by atoms with Crippen molar-refractivity contribution in [3.05, 3.63) is 28.8 Å². The normalized spacial score (nSPS) is 20.4. The number of hydrogen-bond donors (Lipinski definition) is 2. The van der Waals surface area contributed by atoms with Gasteiger partial charge in [-0.25, -0.2) is 0 Å². The third-order valence-electron chi connectivity index (χ3n) is 3.51. The molecular weight excluding hydrogens is 250 g/mol. The Kier molecular flexibility index (Phi) is 3.97. The van der Waals surface area contributed by atoms with Gasteiger partial charge in [0.05, 0.1) is 10.7 Å². The Labute approximate surface area is 112 Å². The highest BCUT2D eigenvalue weighted by molar-refractivity contribution is 6.33. The minimum absolute atomic E-state index is 0.0805. The van der Waals surface area contributed by atoms with Crippen LogP contribution < -0.4 is 10.6 Å². The van der Waals surface area contributed by atoms with Gasteiger partial charge in [-0.2, -0.15) is 0 Å². The first-order valence-corrected chi connectivity index (χ1v) is 6.59. The Morgan fingerprint density at radius 2 is 2.39 bits per heavy atom. The summed E-state index contributed by atoms with van der Waals surface area (Å²) in [6, 6.07) is 6.10. The number of hydrogen-bond acceptors (Lipinski definition) is 3. The van der Waals surface area contributed by atoms with Gasteiger partial charge in [-0.15, -0.1) is 0 Å². The largest absolute Gasteiger partial charge is 0.409 e. The van der Waals surface area contributed by atoms with E-state index < -0.39 is 0 Å². The quantitative estimate of drug-likeness (QED) is 0.383. The summed E-state index contributed by atoms with van der Waals surface area (Å²) in [6.07, 6.45) is 3.55. The molecule has 2 rings (SSSR count). The first-order chi connectivity index (χ1) is 8.67. The second-order valence-corrected chi connectivity index (χ2v) is 4.96. The average Bonchev–Trinajstić information content (AvgIpc) is 2.85. The van der Waals surface area contributed by atoms with E-state index in [2.05, 4.69) is 17.0 Å². The Hall–Kier alpha value is -1.42. The van der Waals surface area contributed by atoms with Gasteiger partial charge in [0, 0.05) is 18.2 Å². The molecule has 1 heterocycles. The molecule has 1 aromatic rings. The lowest BCUT2D eigenvalue weighted by Crippen LogP contribution is -2.28. The zero-order valence-electron chi connectivity index (χ0n) is 10.4.